The average molecular weight is 566 g/mol. The molecule has 1 aromatic carbocycles. The fourth-order valence-electron chi connectivity index (χ4n) is 10.3. The fraction of sp³-hybridized carbons (Fsp3) is 0.771. The Labute approximate surface area is 248 Å². The Morgan fingerprint density at radius 2 is 1.76 bits per heavy atom. The molecule has 1 aromatic rings. The smallest absolute Gasteiger partial charge is 0.328 e. The maximum Gasteiger partial charge on any atom is 0.328 e. The molecule has 4 aliphatic rings. The van der Waals surface area contributed by atoms with Crippen LogP contribution in [-0.4, -0.2) is 44.2 Å². The van der Waals surface area contributed by atoms with Gasteiger partial charge in [0.15, 0.2) is 0 Å². The van der Waals surface area contributed by atoms with Crippen molar-refractivity contribution < 1.29 is 14.3 Å². The normalized spacial score (nSPS) is 36.9. The second-order valence-corrected chi connectivity index (χ2v) is 14.4. The molecule has 0 spiro atoms. The van der Waals surface area contributed by atoms with Gasteiger partial charge in [-0.1, -0.05) is 44.2 Å². The predicted octanol–water partition coefficient (Wildman–Crippen LogP) is 5.63. The SMILES string of the molecule is COC(=O)C(Cc1ccccc1)NC(=O)CCCC1CCC2C3CCC4CC(NCCN)CCC4(C)C3CCC12C. The monoisotopic (exact) mass is 565 g/mol. The maximum atomic E-state index is 12.9. The van der Waals surface area contributed by atoms with Crippen molar-refractivity contribution in [1.29, 1.82) is 0 Å². The van der Waals surface area contributed by atoms with E-state index in [-0.39, 0.29) is 11.9 Å². The molecule has 6 nitrogen and oxygen atoms in total. The number of nitrogens with one attached hydrogen (secondary N) is 2. The molecule has 0 aromatic heterocycles. The van der Waals surface area contributed by atoms with Gasteiger partial charge in [-0.05, 0) is 117 Å². The lowest BCUT2D eigenvalue weighted by Gasteiger charge is -2.61. The Hall–Kier alpha value is -1.92. The molecule has 0 bridgehead atoms. The lowest BCUT2D eigenvalue weighted by atomic mass is 9.44. The Morgan fingerprint density at radius 3 is 2.51 bits per heavy atom. The third-order valence-electron chi connectivity index (χ3n) is 12.5. The molecule has 228 valence electrons. The van der Waals surface area contributed by atoms with Crippen LogP contribution in [-0.2, 0) is 20.7 Å². The standard InChI is InChI=1S/C35H55N3O3/c1-34-19-17-30-28(14-12-26-23-27(37-21-20-36)16-18-35(26,30)2)29(34)15-13-25(34)10-7-11-32(39)38-31(33(40)41-3)22-24-8-5-4-6-9-24/h4-6,8-9,25-31,37H,7,10-23,36H2,1-3H3,(H,38,39). The van der Waals surface area contributed by atoms with E-state index in [0.717, 1.165) is 55.2 Å². The molecule has 4 aliphatic carbocycles. The summed E-state index contributed by atoms with van der Waals surface area (Å²) in [5.41, 5.74) is 7.72. The first kappa shape index (κ1) is 30.5. The number of ether oxygens (including phenoxy) is 1. The van der Waals surface area contributed by atoms with Crippen molar-refractivity contribution in [2.24, 2.45) is 46.2 Å². The highest BCUT2D eigenvalue weighted by molar-refractivity contribution is 5.84. The van der Waals surface area contributed by atoms with Gasteiger partial charge in [0.25, 0.3) is 0 Å². The Kier molecular flexibility index (Phi) is 9.80. The number of fused-ring (bicyclic) bond motifs is 5. The highest BCUT2D eigenvalue weighted by Crippen LogP contribution is 2.67. The lowest BCUT2D eigenvalue weighted by molar-refractivity contribution is -0.145. The van der Waals surface area contributed by atoms with E-state index in [1.165, 1.54) is 64.9 Å². The molecule has 41 heavy (non-hydrogen) atoms. The van der Waals surface area contributed by atoms with Crippen LogP contribution in [0.25, 0.3) is 0 Å². The summed E-state index contributed by atoms with van der Waals surface area (Å²) >= 11 is 0. The molecular weight excluding hydrogens is 510 g/mol. The number of amides is 1. The van der Waals surface area contributed by atoms with E-state index < -0.39 is 6.04 Å². The van der Waals surface area contributed by atoms with Crippen molar-refractivity contribution in [3.63, 3.8) is 0 Å². The van der Waals surface area contributed by atoms with E-state index >= 15 is 0 Å². The number of methoxy groups -OCH3 is 1. The summed E-state index contributed by atoms with van der Waals surface area (Å²) in [5.74, 6) is 3.78. The average Bonchev–Trinajstić information content (AvgIpc) is 3.31. The summed E-state index contributed by atoms with van der Waals surface area (Å²) in [7, 11) is 1.39. The molecule has 0 aliphatic heterocycles. The van der Waals surface area contributed by atoms with Crippen molar-refractivity contribution in [3.05, 3.63) is 35.9 Å². The van der Waals surface area contributed by atoms with E-state index in [2.05, 4.69) is 24.5 Å². The molecule has 0 saturated heterocycles. The minimum absolute atomic E-state index is 0.0393. The number of carbonyl (C=O) groups excluding carboxylic acids is 2. The summed E-state index contributed by atoms with van der Waals surface area (Å²) in [6.07, 6.45) is 15.2. The summed E-state index contributed by atoms with van der Waals surface area (Å²) in [5, 5.41) is 6.69. The molecule has 4 fully saturated rings. The van der Waals surface area contributed by atoms with Crippen LogP contribution in [0.15, 0.2) is 30.3 Å². The third-order valence-corrected chi connectivity index (χ3v) is 12.5. The Bertz CT molecular complexity index is 1030. The zero-order chi connectivity index (χ0) is 29.0. The molecule has 9 atom stereocenters. The van der Waals surface area contributed by atoms with Gasteiger partial charge >= 0.3 is 5.97 Å². The van der Waals surface area contributed by atoms with E-state index in [1.807, 2.05) is 30.3 Å². The van der Waals surface area contributed by atoms with Gasteiger partial charge in [-0.3, -0.25) is 4.79 Å². The third kappa shape index (κ3) is 6.39. The Morgan fingerprint density at radius 1 is 1.00 bits per heavy atom. The molecule has 1 amide bonds. The number of hydrogen-bond acceptors (Lipinski definition) is 5. The molecule has 5 rings (SSSR count). The highest BCUT2D eigenvalue weighted by atomic mass is 16.5. The van der Waals surface area contributed by atoms with Crippen LogP contribution in [0.2, 0.25) is 0 Å². The van der Waals surface area contributed by atoms with E-state index in [1.54, 1.807) is 0 Å². The number of rotatable bonds is 11. The van der Waals surface area contributed by atoms with Crippen LogP contribution in [0.5, 0.6) is 0 Å². The molecule has 6 heteroatoms. The lowest BCUT2D eigenvalue weighted by Crippen LogP contribution is -2.55. The quantitative estimate of drug-likeness (QED) is 0.302. The summed E-state index contributed by atoms with van der Waals surface area (Å²) < 4.78 is 4.99. The van der Waals surface area contributed by atoms with Gasteiger partial charge in [-0.25, -0.2) is 4.79 Å². The van der Waals surface area contributed by atoms with Crippen LogP contribution in [0, 0.1) is 40.4 Å². The zero-order valence-electron chi connectivity index (χ0n) is 25.8. The minimum Gasteiger partial charge on any atom is -0.467 e. The highest BCUT2D eigenvalue weighted by Gasteiger charge is 2.59. The van der Waals surface area contributed by atoms with E-state index in [0.29, 0.717) is 35.6 Å². The fourth-order valence-corrected chi connectivity index (χ4v) is 10.3. The second kappa shape index (κ2) is 13.2. The van der Waals surface area contributed by atoms with Crippen molar-refractivity contribution >= 4 is 11.9 Å². The second-order valence-electron chi connectivity index (χ2n) is 14.4. The van der Waals surface area contributed by atoms with Gasteiger partial charge in [-0.15, -0.1) is 0 Å². The van der Waals surface area contributed by atoms with Crippen LogP contribution in [0.4, 0.5) is 0 Å². The number of nitrogens with two attached hydrogens (primary N) is 1. The summed E-state index contributed by atoms with van der Waals surface area (Å²) in [6.45, 7) is 6.93. The van der Waals surface area contributed by atoms with Gasteiger partial charge < -0.3 is 21.1 Å². The largest absolute Gasteiger partial charge is 0.467 e. The van der Waals surface area contributed by atoms with Crippen LogP contribution >= 0.6 is 0 Å². The first-order valence-electron chi connectivity index (χ1n) is 16.6. The molecule has 4 saturated carbocycles. The molecule has 0 radical (unpaired) electrons. The maximum absolute atomic E-state index is 12.9. The van der Waals surface area contributed by atoms with E-state index in [4.69, 9.17) is 10.5 Å². The van der Waals surface area contributed by atoms with E-state index in [9.17, 15) is 9.59 Å². The molecule has 4 N–H and O–H groups in total. The first-order valence-corrected chi connectivity index (χ1v) is 16.6. The molecule has 9 unspecified atom stereocenters. The van der Waals surface area contributed by atoms with Crippen LogP contribution < -0.4 is 16.4 Å². The summed E-state index contributed by atoms with van der Waals surface area (Å²) in [6, 6.07) is 9.84. The van der Waals surface area contributed by atoms with Gasteiger partial charge in [0, 0.05) is 32.0 Å². The molecular formula is C35H55N3O3. The zero-order valence-corrected chi connectivity index (χ0v) is 25.8. The minimum atomic E-state index is -0.637. The molecule has 0 heterocycles. The first-order chi connectivity index (χ1) is 19.8. The van der Waals surface area contributed by atoms with Crippen molar-refractivity contribution in [1.82, 2.24) is 10.6 Å². The summed E-state index contributed by atoms with van der Waals surface area (Å²) in [4.78, 5) is 25.3. The number of esters is 1. The van der Waals surface area contributed by atoms with Gasteiger partial charge in [0.1, 0.15) is 6.04 Å². The van der Waals surface area contributed by atoms with Gasteiger partial charge in [0.2, 0.25) is 5.91 Å². The van der Waals surface area contributed by atoms with Crippen molar-refractivity contribution in [2.45, 2.75) is 109 Å². The predicted molar refractivity (Wildman–Crippen MR) is 164 cm³/mol. The van der Waals surface area contributed by atoms with Gasteiger partial charge in [-0.2, -0.15) is 0 Å². The Balaban J connectivity index is 1.13. The van der Waals surface area contributed by atoms with Crippen LogP contribution in [0.1, 0.15) is 96.5 Å². The number of hydrogen-bond donors (Lipinski definition) is 3. The number of benzene rings is 1. The van der Waals surface area contributed by atoms with Crippen LogP contribution in [0.3, 0.4) is 0 Å². The van der Waals surface area contributed by atoms with Crippen molar-refractivity contribution in [3.8, 4) is 0 Å². The topological polar surface area (TPSA) is 93.4 Å². The number of carbonyl (C=O) groups is 2. The van der Waals surface area contributed by atoms with Gasteiger partial charge in [0.05, 0.1) is 7.11 Å². The van der Waals surface area contributed by atoms with Crippen molar-refractivity contribution in [2.75, 3.05) is 20.2 Å².